The van der Waals surface area contributed by atoms with Gasteiger partial charge >= 0.3 is 0 Å². The highest BCUT2D eigenvalue weighted by Crippen LogP contribution is 2.38. The Kier molecular flexibility index (Phi) is 2.66. The van der Waals surface area contributed by atoms with Gasteiger partial charge in [-0.05, 0) is 59.9 Å². The third-order valence-electron chi connectivity index (χ3n) is 4.06. The van der Waals surface area contributed by atoms with E-state index in [2.05, 4.69) is 48.5 Å². The molecule has 1 heteroatoms. The van der Waals surface area contributed by atoms with Crippen LogP contribution in [0.1, 0.15) is 23.3 Å². The van der Waals surface area contributed by atoms with Gasteiger partial charge in [0, 0.05) is 9.58 Å². The van der Waals surface area contributed by atoms with Gasteiger partial charge in [-0.25, -0.2) is 0 Å². The normalized spacial score (nSPS) is 14.5. The summed E-state index contributed by atoms with van der Waals surface area (Å²) in [4.78, 5) is 1.63. The van der Waals surface area contributed by atoms with Crippen LogP contribution < -0.4 is 0 Å². The molecule has 0 bridgehead atoms. The lowest BCUT2D eigenvalue weighted by molar-refractivity contribution is 0.700. The fraction of sp³-hybridized carbons (Fsp3) is 0.222. The van der Waals surface area contributed by atoms with Crippen molar-refractivity contribution in [2.24, 2.45) is 0 Å². The minimum absolute atomic E-state index is 1.27. The largest absolute Gasteiger partial charge is 0.140 e. The maximum Gasteiger partial charge on any atom is 0.0348 e. The first-order chi connectivity index (χ1) is 9.42. The Morgan fingerprint density at radius 3 is 2.53 bits per heavy atom. The SMILES string of the molecule is c1ccc(-c2ccc3sc4c(c3c2)CCCC4)cc1. The Hall–Kier alpha value is -1.60. The van der Waals surface area contributed by atoms with Crippen molar-refractivity contribution in [2.45, 2.75) is 25.7 Å². The first kappa shape index (κ1) is 11.2. The molecule has 0 amide bonds. The highest BCUT2D eigenvalue weighted by molar-refractivity contribution is 7.19. The van der Waals surface area contributed by atoms with Gasteiger partial charge < -0.3 is 0 Å². The fourth-order valence-corrected chi connectivity index (χ4v) is 4.35. The first-order valence-electron chi connectivity index (χ1n) is 7.01. The van der Waals surface area contributed by atoms with E-state index in [4.69, 9.17) is 0 Å². The second-order valence-electron chi connectivity index (χ2n) is 5.29. The van der Waals surface area contributed by atoms with Crippen molar-refractivity contribution in [3.05, 3.63) is 59.0 Å². The van der Waals surface area contributed by atoms with E-state index in [9.17, 15) is 0 Å². The standard InChI is InChI=1S/C18H16S/c1-2-6-13(7-3-1)14-10-11-18-16(12-14)15-8-4-5-9-17(15)19-18/h1-3,6-7,10-12H,4-5,8-9H2. The van der Waals surface area contributed by atoms with Crippen LogP contribution in [0.2, 0.25) is 0 Å². The van der Waals surface area contributed by atoms with Crippen LogP contribution in [0.15, 0.2) is 48.5 Å². The Labute approximate surface area is 117 Å². The van der Waals surface area contributed by atoms with Gasteiger partial charge in [-0.2, -0.15) is 0 Å². The summed E-state index contributed by atoms with van der Waals surface area (Å²) in [5.41, 5.74) is 4.29. The van der Waals surface area contributed by atoms with Gasteiger partial charge in [-0.3, -0.25) is 0 Å². The quantitative estimate of drug-likeness (QED) is 0.548. The lowest BCUT2D eigenvalue weighted by Gasteiger charge is -2.10. The van der Waals surface area contributed by atoms with E-state index in [-0.39, 0.29) is 0 Å². The number of thiophene rings is 1. The Morgan fingerprint density at radius 1 is 0.789 bits per heavy atom. The molecule has 0 nitrogen and oxygen atoms in total. The second kappa shape index (κ2) is 4.50. The van der Waals surface area contributed by atoms with Crippen LogP contribution in [0.25, 0.3) is 21.2 Å². The Morgan fingerprint density at radius 2 is 1.63 bits per heavy atom. The van der Waals surface area contributed by atoms with Crippen molar-refractivity contribution < 1.29 is 0 Å². The van der Waals surface area contributed by atoms with E-state index in [1.54, 1.807) is 10.4 Å². The molecule has 4 rings (SSSR count). The summed E-state index contributed by atoms with van der Waals surface area (Å²) in [6.45, 7) is 0. The molecule has 0 saturated heterocycles. The molecule has 0 radical (unpaired) electrons. The maximum absolute atomic E-state index is 2.39. The molecule has 19 heavy (non-hydrogen) atoms. The van der Waals surface area contributed by atoms with Crippen LogP contribution in [0.4, 0.5) is 0 Å². The lowest BCUT2D eigenvalue weighted by Crippen LogP contribution is -1.97. The van der Waals surface area contributed by atoms with Crippen LogP contribution in [-0.2, 0) is 12.8 Å². The molecule has 1 aliphatic carbocycles. The zero-order valence-corrected chi connectivity index (χ0v) is 11.7. The maximum atomic E-state index is 2.39. The van der Waals surface area contributed by atoms with Crippen LogP contribution in [0.3, 0.4) is 0 Å². The lowest BCUT2D eigenvalue weighted by atomic mass is 9.94. The van der Waals surface area contributed by atoms with Crippen LogP contribution in [-0.4, -0.2) is 0 Å². The molecular weight excluding hydrogens is 248 g/mol. The zero-order valence-electron chi connectivity index (χ0n) is 10.9. The van der Waals surface area contributed by atoms with Gasteiger partial charge in [0.2, 0.25) is 0 Å². The van der Waals surface area contributed by atoms with Gasteiger partial charge in [0.05, 0.1) is 0 Å². The average molecular weight is 264 g/mol. The van der Waals surface area contributed by atoms with E-state index >= 15 is 0 Å². The highest BCUT2D eigenvalue weighted by Gasteiger charge is 2.16. The molecule has 0 spiro atoms. The minimum Gasteiger partial charge on any atom is -0.140 e. The summed E-state index contributed by atoms with van der Waals surface area (Å²) >= 11 is 2.00. The first-order valence-corrected chi connectivity index (χ1v) is 7.83. The number of benzene rings is 2. The Bertz CT molecular complexity index is 722. The molecule has 3 aromatic rings. The molecule has 0 unspecified atom stereocenters. The third-order valence-corrected chi connectivity index (χ3v) is 5.33. The van der Waals surface area contributed by atoms with E-state index < -0.39 is 0 Å². The molecule has 0 aliphatic heterocycles. The van der Waals surface area contributed by atoms with E-state index in [1.807, 2.05) is 11.3 Å². The van der Waals surface area contributed by atoms with Crippen molar-refractivity contribution in [3.8, 4) is 11.1 Å². The predicted molar refractivity (Wildman–Crippen MR) is 83.9 cm³/mol. The molecule has 94 valence electrons. The van der Waals surface area contributed by atoms with E-state index in [0.717, 1.165) is 0 Å². The van der Waals surface area contributed by atoms with Crippen molar-refractivity contribution in [1.29, 1.82) is 0 Å². The monoisotopic (exact) mass is 264 g/mol. The molecule has 0 atom stereocenters. The molecule has 0 fully saturated rings. The highest BCUT2D eigenvalue weighted by atomic mass is 32.1. The van der Waals surface area contributed by atoms with Gasteiger partial charge in [0.15, 0.2) is 0 Å². The summed E-state index contributed by atoms with van der Waals surface area (Å²) in [7, 11) is 0. The number of rotatable bonds is 1. The molecule has 1 aromatic heterocycles. The van der Waals surface area contributed by atoms with Crippen molar-refractivity contribution in [3.63, 3.8) is 0 Å². The van der Waals surface area contributed by atoms with Gasteiger partial charge in [0.1, 0.15) is 0 Å². The number of fused-ring (bicyclic) bond motifs is 3. The molecule has 1 heterocycles. The van der Waals surface area contributed by atoms with E-state index in [1.165, 1.54) is 46.9 Å². The number of hydrogen-bond acceptors (Lipinski definition) is 1. The van der Waals surface area contributed by atoms with Crippen LogP contribution >= 0.6 is 11.3 Å². The predicted octanol–water partition coefficient (Wildman–Crippen LogP) is 5.45. The summed E-state index contributed by atoms with van der Waals surface area (Å²) in [6.07, 6.45) is 5.28. The summed E-state index contributed by atoms with van der Waals surface area (Å²) in [5, 5.41) is 1.50. The van der Waals surface area contributed by atoms with Gasteiger partial charge in [0.25, 0.3) is 0 Å². The van der Waals surface area contributed by atoms with Crippen LogP contribution in [0.5, 0.6) is 0 Å². The molecule has 0 N–H and O–H groups in total. The van der Waals surface area contributed by atoms with Crippen molar-refractivity contribution in [2.75, 3.05) is 0 Å². The molecule has 1 aliphatic rings. The number of hydrogen-bond donors (Lipinski definition) is 0. The fourth-order valence-electron chi connectivity index (χ4n) is 3.07. The van der Waals surface area contributed by atoms with E-state index in [0.29, 0.717) is 0 Å². The number of aryl methyl sites for hydroxylation is 2. The average Bonchev–Trinajstić information content (AvgIpc) is 2.86. The van der Waals surface area contributed by atoms with Gasteiger partial charge in [-0.15, -0.1) is 11.3 Å². The summed E-state index contributed by atoms with van der Waals surface area (Å²) < 4.78 is 1.46. The van der Waals surface area contributed by atoms with Crippen molar-refractivity contribution >= 4 is 21.4 Å². The molecule has 2 aromatic carbocycles. The second-order valence-corrected chi connectivity index (χ2v) is 6.42. The van der Waals surface area contributed by atoms with Gasteiger partial charge in [-0.1, -0.05) is 36.4 Å². The van der Waals surface area contributed by atoms with Crippen LogP contribution in [0, 0.1) is 0 Å². The smallest absolute Gasteiger partial charge is 0.0348 e. The summed E-state index contributed by atoms with van der Waals surface area (Å²) in [5.74, 6) is 0. The Balaban J connectivity index is 1.91. The third kappa shape index (κ3) is 1.89. The summed E-state index contributed by atoms with van der Waals surface area (Å²) in [6, 6.07) is 17.7. The molecular formula is C18H16S. The topological polar surface area (TPSA) is 0 Å². The molecule has 0 saturated carbocycles. The van der Waals surface area contributed by atoms with Crippen molar-refractivity contribution in [1.82, 2.24) is 0 Å². The zero-order chi connectivity index (χ0) is 12.7. The minimum atomic E-state index is 1.27.